The number of ether oxygens (including phenoxy) is 2. The summed E-state index contributed by atoms with van der Waals surface area (Å²) in [5, 5.41) is 18.3. The van der Waals surface area contributed by atoms with Crippen molar-refractivity contribution >= 4 is 63.4 Å². The molecule has 1 aromatic heterocycles. The number of anilines is 1. The number of rotatable bonds is 10. The van der Waals surface area contributed by atoms with E-state index in [1.165, 1.54) is 59.6 Å². The highest BCUT2D eigenvalue weighted by Crippen LogP contribution is 2.36. The summed E-state index contributed by atoms with van der Waals surface area (Å²) in [5.74, 6) is -2.59. The maximum absolute atomic E-state index is 12.7. The van der Waals surface area contributed by atoms with Crippen molar-refractivity contribution in [1.82, 2.24) is 15.2 Å². The molecule has 1 saturated heterocycles. The number of thioether (sulfide) groups is 1. The molecule has 0 saturated carbocycles. The van der Waals surface area contributed by atoms with Gasteiger partial charge in [0.25, 0.3) is 17.5 Å². The van der Waals surface area contributed by atoms with Crippen LogP contribution in [0.5, 0.6) is 0 Å². The van der Waals surface area contributed by atoms with E-state index in [0.29, 0.717) is 5.56 Å². The number of oxime groups is 1. The highest BCUT2D eigenvalue weighted by molar-refractivity contribution is 8.00. The van der Waals surface area contributed by atoms with Gasteiger partial charge in [0.15, 0.2) is 17.5 Å². The summed E-state index contributed by atoms with van der Waals surface area (Å²) in [4.78, 5) is 69.9. The molecule has 3 heterocycles. The number of nitrogens with zero attached hydrogens (tertiary/aromatic N) is 4. The highest BCUT2D eigenvalue weighted by Gasteiger charge is 2.50. The number of non-ortho nitro benzene ring substituents is 1. The van der Waals surface area contributed by atoms with Crippen molar-refractivity contribution in [3.8, 4) is 0 Å². The van der Waals surface area contributed by atoms with Gasteiger partial charge in [-0.05, 0) is 17.7 Å². The lowest BCUT2D eigenvalue weighted by Crippen LogP contribution is -2.69. The number of thiazole rings is 1. The Morgan fingerprint density at radius 3 is 2.67 bits per heavy atom. The Labute approximate surface area is 228 Å². The zero-order chi connectivity index (χ0) is 28.1. The second kappa shape index (κ2) is 11.9. The van der Waals surface area contributed by atoms with Crippen molar-refractivity contribution in [2.45, 2.75) is 18.0 Å². The lowest BCUT2D eigenvalue weighted by molar-refractivity contribution is -0.384. The summed E-state index contributed by atoms with van der Waals surface area (Å²) in [7, 11) is 1.26. The number of nitro groups is 1. The fourth-order valence-electron chi connectivity index (χ4n) is 3.46. The Kier molecular flexibility index (Phi) is 8.40. The number of nitrogen functional groups attached to an aromatic ring is 1. The number of β-lactam (4-membered cyclic amide) rings is 1. The summed E-state index contributed by atoms with van der Waals surface area (Å²) < 4.78 is 10.00. The normalized spacial score (nSPS) is 18.3. The molecular weight excluding hydrogens is 556 g/mol. The smallest absolute Gasteiger partial charge is 0.344 e. The topological polar surface area (TPSA) is 206 Å². The van der Waals surface area contributed by atoms with Crippen LogP contribution in [0.15, 0.2) is 46.6 Å². The first-order valence-electron chi connectivity index (χ1n) is 11.0. The molecule has 2 atom stereocenters. The average molecular weight is 577 g/mol. The molecule has 3 N–H and O–H groups in total. The van der Waals surface area contributed by atoms with Crippen molar-refractivity contribution in [3.05, 3.63) is 62.8 Å². The number of benzene rings is 1. The van der Waals surface area contributed by atoms with Crippen LogP contribution in [-0.2, 0) is 40.1 Å². The zero-order valence-corrected chi connectivity index (χ0v) is 21.7. The van der Waals surface area contributed by atoms with Gasteiger partial charge in [0.2, 0.25) is 0 Å². The first-order chi connectivity index (χ1) is 18.7. The third kappa shape index (κ3) is 6.32. The number of carbonyl (C=O) groups is 4. The molecule has 0 bridgehead atoms. The third-order valence-corrected chi connectivity index (χ3v) is 7.36. The Balaban J connectivity index is 1.26. The molecule has 2 aromatic rings. The number of hydrogen-bond acceptors (Lipinski definition) is 14. The van der Waals surface area contributed by atoms with Crippen LogP contribution in [0.4, 0.5) is 10.8 Å². The number of nitrogens with two attached hydrogens (primary N) is 1. The van der Waals surface area contributed by atoms with E-state index < -0.39 is 46.7 Å². The van der Waals surface area contributed by atoms with Crippen molar-refractivity contribution in [3.63, 3.8) is 0 Å². The predicted molar refractivity (Wildman–Crippen MR) is 137 cm³/mol. The Hall–Kier alpha value is -4.51. The van der Waals surface area contributed by atoms with Gasteiger partial charge in [0, 0.05) is 29.5 Å². The fraction of sp³-hybridized carbons (Fsp3) is 0.273. The summed E-state index contributed by atoms with van der Waals surface area (Å²) >= 11 is 2.34. The molecule has 15 nitrogen and oxygen atoms in total. The number of amides is 2. The molecule has 39 heavy (non-hydrogen) atoms. The Bertz CT molecular complexity index is 1370. The molecular formula is C22H20N6O9S2. The van der Waals surface area contributed by atoms with Crippen molar-refractivity contribution < 1.29 is 38.4 Å². The van der Waals surface area contributed by atoms with Crippen LogP contribution >= 0.6 is 23.1 Å². The molecule has 1 aromatic carbocycles. The van der Waals surface area contributed by atoms with E-state index in [1.807, 2.05) is 0 Å². The van der Waals surface area contributed by atoms with Gasteiger partial charge in [0.1, 0.15) is 30.8 Å². The molecule has 1 unspecified atom stereocenters. The summed E-state index contributed by atoms with van der Waals surface area (Å²) in [5.41, 5.74) is 6.25. The first-order valence-corrected chi connectivity index (χ1v) is 12.9. The van der Waals surface area contributed by atoms with Gasteiger partial charge in [-0.1, -0.05) is 5.16 Å². The summed E-state index contributed by atoms with van der Waals surface area (Å²) in [6.07, 6.45) is 1.32. The minimum Gasteiger partial charge on any atom is -0.458 e. The third-order valence-electron chi connectivity index (χ3n) is 5.36. The highest BCUT2D eigenvalue weighted by atomic mass is 32.2. The zero-order valence-electron chi connectivity index (χ0n) is 20.1. The van der Waals surface area contributed by atoms with Gasteiger partial charge < -0.3 is 30.3 Å². The molecule has 2 aliphatic heterocycles. The van der Waals surface area contributed by atoms with E-state index in [1.54, 1.807) is 0 Å². The minimum atomic E-state index is -0.872. The number of nitro benzene ring substituents is 1. The largest absolute Gasteiger partial charge is 0.458 e. The first kappa shape index (κ1) is 27.5. The molecule has 0 spiro atoms. The van der Waals surface area contributed by atoms with Crippen molar-refractivity contribution in [1.29, 1.82) is 0 Å². The number of fused-ring (bicyclic) bond motifs is 1. The molecule has 1 fully saturated rings. The van der Waals surface area contributed by atoms with Gasteiger partial charge in [0.05, 0.1) is 10.5 Å². The van der Waals surface area contributed by atoms with E-state index in [9.17, 15) is 29.3 Å². The van der Waals surface area contributed by atoms with E-state index in [-0.39, 0.29) is 40.2 Å². The van der Waals surface area contributed by atoms with Gasteiger partial charge in [-0.3, -0.25) is 19.7 Å². The van der Waals surface area contributed by atoms with Crippen LogP contribution in [0.2, 0.25) is 0 Å². The van der Waals surface area contributed by atoms with Crippen molar-refractivity contribution in [2.24, 2.45) is 5.16 Å². The number of hydrogen-bond donors (Lipinski definition) is 2. The van der Waals surface area contributed by atoms with E-state index in [4.69, 9.17) is 20.0 Å². The standard InChI is InChI=1S/C22H20N6O9S2/c1-35-26-16(14-10-39-22(23)24-14)18(30)25-17-19(31)27-6-12(9-38-20(17)27)21(32)37-8-15(29)36-7-11-2-4-13(5-3-11)28(33)34/h2-6,10,17,20H,7-9H2,1H3,(H2,23,24)(H,25,30)/t17?,20-/m1/s1. The van der Waals surface area contributed by atoms with Crippen LogP contribution in [-0.4, -0.2) is 75.2 Å². The van der Waals surface area contributed by atoms with Gasteiger partial charge in [-0.25, -0.2) is 14.6 Å². The number of carbonyl (C=O) groups excluding carboxylic acids is 4. The van der Waals surface area contributed by atoms with Crippen LogP contribution in [0.3, 0.4) is 0 Å². The van der Waals surface area contributed by atoms with Crippen molar-refractivity contribution in [2.75, 3.05) is 25.2 Å². The Morgan fingerprint density at radius 1 is 1.28 bits per heavy atom. The van der Waals surface area contributed by atoms with E-state index in [0.717, 1.165) is 11.3 Å². The van der Waals surface area contributed by atoms with Crippen LogP contribution in [0, 0.1) is 10.1 Å². The molecule has 4 rings (SSSR count). The minimum absolute atomic E-state index is 0.0970. The molecule has 0 aliphatic carbocycles. The second-order valence-electron chi connectivity index (χ2n) is 7.91. The lowest BCUT2D eigenvalue weighted by atomic mass is 10.1. The van der Waals surface area contributed by atoms with Crippen LogP contribution in [0.25, 0.3) is 0 Å². The van der Waals surface area contributed by atoms with Gasteiger partial charge in [-0.15, -0.1) is 23.1 Å². The SMILES string of the molecule is CON=C(C(=O)NC1C(=O)N2C=C(C(=O)OCC(=O)OCc3ccc([N+](=O)[O-])cc3)CS[C@H]12)c1csc(N)n1. The summed E-state index contributed by atoms with van der Waals surface area (Å²) in [6.45, 7) is -0.816. The fourth-order valence-corrected chi connectivity index (χ4v) is 5.26. The number of aromatic nitrogens is 1. The molecule has 2 aliphatic rings. The Morgan fingerprint density at radius 2 is 2.03 bits per heavy atom. The van der Waals surface area contributed by atoms with E-state index >= 15 is 0 Å². The average Bonchev–Trinajstić information content (AvgIpc) is 3.37. The maximum Gasteiger partial charge on any atom is 0.344 e. The molecule has 0 radical (unpaired) electrons. The molecule has 17 heteroatoms. The van der Waals surface area contributed by atoms with Gasteiger partial charge in [-0.2, -0.15) is 0 Å². The second-order valence-corrected chi connectivity index (χ2v) is 9.90. The molecule has 204 valence electrons. The van der Waals surface area contributed by atoms with E-state index in [2.05, 4.69) is 15.5 Å². The van der Waals surface area contributed by atoms with Crippen LogP contribution in [0.1, 0.15) is 11.3 Å². The number of esters is 2. The van der Waals surface area contributed by atoms with Gasteiger partial charge >= 0.3 is 11.9 Å². The molecule has 2 amide bonds. The quantitative estimate of drug-likeness (QED) is 0.131. The number of nitrogens with one attached hydrogen (secondary N) is 1. The summed E-state index contributed by atoms with van der Waals surface area (Å²) in [6, 6.07) is 4.57. The predicted octanol–water partition coefficient (Wildman–Crippen LogP) is 0.554. The van der Waals surface area contributed by atoms with Crippen LogP contribution < -0.4 is 11.1 Å². The lowest BCUT2D eigenvalue weighted by Gasteiger charge is -2.47. The maximum atomic E-state index is 12.7. The monoisotopic (exact) mass is 576 g/mol.